The molecule has 4 rings (SSSR count). The average Bonchev–Trinajstić information content (AvgIpc) is 3.09. The molecule has 1 aliphatic rings. The van der Waals surface area contributed by atoms with Gasteiger partial charge in [-0.05, 0) is 43.4 Å². The molecule has 7 heteroatoms. The first kappa shape index (κ1) is 18.8. The summed E-state index contributed by atoms with van der Waals surface area (Å²) in [6.45, 7) is 2.94. The minimum atomic E-state index is -0.511. The molecule has 1 aromatic carbocycles. The van der Waals surface area contributed by atoms with Crippen LogP contribution < -0.4 is 10.6 Å². The molecule has 0 saturated carbocycles. The van der Waals surface area contributed by atoms with E-state index >= 15 is 0 Å². The third-order valence-corrected chi connectivity index (χ3v) is 6.18. The fourth-order valence-electron chi connectivity index (χ4n) is 3.59. The van der Waals surface area contributed by atoms with Crippen LogP contribution in [0.4, 0.5) is 10.2 Å². The Kier molecular flexibility index (Phi) is 5.52. The Balaban J connectivity index is 1.48. The van der Waals surface area contributed by atoms with Crippen molar-refractivity contribution in [3.05, 3.63) is 51.9 Å². The van der Waals surface area contributed by atoms with Crippen LogP contribution in [0.25, 0.3) is 10.2 Å². The molecule has 1 aliphatic carbocycles. The number of nitrogens with one attached hydrogen (secondary N) is 2. The lowest BCUT2D eigenvalue weighted by atomic mass is 9.97. The summed E-state index contributed by atoms with van der Waals surface area (Å²) in [7, 11) is 0. The van der Waals surface area contributed by atoms with Gasteiger partial charge >= 0.3 is 0 Å². The first-order valence-electron chi connectivity index (χ1n) is 9.75. The van der Waals surface area contributed by atoms with E-state index < -0.39 is 11.7 Å². The highest BCUT2D eigenvalue weighted by Crippen LogP contribution is 2.38. The summed E-state index contributed by atoms with van der Waals surface area (Å²) >= 11 is 1.78. The van der Waals surface area contributed by atoms with Gasteiger partial charge in [-0.25, -0.2) is 14.4 Å². The highest BCUT2D eigenvalue weighted by Gasteiger charge is 2.21. The van der Waals surface area contributed by atoms with E-state index in [4.69, 9.17) is 9.97 Å². The number of anilines is 1. The van der Waals surface area contributed by atoms with E-state index in [-0.39, 0.29) is 5.56 Å². The van der Waals surface area contributed by atoms with Crippen LogP contribution in [0.15, 0.2) is 24.3 Å². The Hall–Kier alpha value is -2.54. The predicted molar refractivity (Wildman–Crippen MR) is 111 cm³/mol. The zero-order chi connectivity index (χ0) is 19.5. The van der Waals surface area contributed by atoms with E-state index in [1.54, 1.807) is 23.5 Å². The zero-order valence-corrected chi connectivity index (χ0v) is 16.7. The van der Waals surface area contributed by atoms with Crippen LogP contribution in [0.1, 0.15) is 46.4 Å². The van der Waals surface area contributed by atoms with Crippen LogP contribution in [0.2, 0.25) is 0 Å². The van der Waals surface area contributed by atoms with Gasteiger partial charge in [-0.1, -0.05) is 19.1 Å². The minimum Gasteiger partial charge on any atom is -0.368 e. The van der Waals surface area contributed by atoms with Crippen molar-refractivity contribution >= 4 is 33.3 Å². The van der Waals surface area contributed by atoms with Gasteiger partial charge in [0.1, 0.15) is 22.3 Å². The van der Waals surface area contributed by atoms with E-state index in [9.17, 15) is 9.18 Å². The second-order valence-electron chi connectivity index (χ2n) is 6.90. The van der Waals surface area contributed by atoms with Gasteiger partial charge in [-0.15, -0.1) is 11.3 Å². The highest BCUT2D eigenvalue weighted by atomic mass is 32.1. The number of aromatic nitrogens is 2. The number of rotatable bonds is 6. The Bertz CT molecular complexity index is 1020. The molecule has 3 aromatic rings. The predicted octanol–water partition coefficient (Wildman–Crippen LogP) is 4.11. The fraction of sp³-hybridized carbons (Fsp3) is 0.381. The first-order valence-corrected chi connectivity index (χ1v) is 10.6. The van der Waals surface area contributed by atoms with Gasteiger partial charge < -0.3 is 10.6 Å². The number of amides is 1. The van der Waals surface area contributed by atoms with Gasteiger partial charge in [0.25, 0.3) is 5.91 Å². The molecule has 0 unspecified atom stereocenters. The molecule has 5 nitrogen and oxygen atoms in total. The maximum absolute atomic E-state index is 13.7. The van der Waals surface area contributed by atoms with Crippen molar-refractivity contribution < 1.29 is 9.18 Å². The molecule has 2 heterocycles. The van der Waals surface area contributed by atoms with E-state index in [1.165, 1.54) is 35.4 Å². The summed E-state index contributed by atoms with van der Waals surface area (Å²) in [5.41, 5.74) is 1.44. The standard InChI is InChI=1S/C21H23FN4OS/c1-2-17-25-19(18-14-8-4-6-10-16(14)28-21(18)26-17)23-11-12-24-20(27)13-7-3-5-9-15(13)22/h3,5,7,9H,2,4,6,8,10-12H2,1H3,(H,24,27)(H,23,25,26). The Morgan fingerprint density at radius 3 is 2.82 bits per heavy atom. The molecular weight excluding hydrogens is 375 g/mol. The van der Waals surface area contributed by atoms with Gasteiger partial charge in [0.2, 0.25) is 0 Å². The number of fused-ring (bicyclic) bond motifs is 3. The lowest BCUT2D eigenvalue weighted by Crippen LogP contribution is -2.29. The minimum absolute atomic E-state index is 0.0621. The summed E-state index contributed by atoms with van der Waals surface area (Å²) in [6, 6.07) is 5.99. The molecule has 0 fully saturated rings. The Morgan fingerprint density at radius 1 is 1.18 bits per heavy atom. The van der Waals surface area contributed by atoms with Gasteiger partial charge in [0.05, 0.1) is 10.9 Å². The van der Waals surface area contributed by atoms with E-state index in [0.29, 0.717) is 13.1 Å². The molecule has 0 bridgehead atoms. The highest BCUT2D eigenvalue weighted by molar-refractivity contribution is 7.19. The van der Waals surface area contributed by atoms with Crippen LogP contribution in [0, 0.1) is 5.82 Å². The van der Waals surface area contributed by atoms with Crippen molar-refractivity contribution in [2.45, 2.75) is 39.0 Å². The lowest BCUT2D eigenvalue weighted by molar-refractivity contribution is 0.0951. The van der Waals surface area contributed by atoms with E-state index in [2.05, 4.69) is 10.6 Å². The second kappa shape index (κ2) is 8.22. The SMILES string of the molecule is CCc1nc(NCCNC(=O)c2ccccc2F)c2c3c(sc2n1)CCCC3. The van der Waals surface area contributed by atoms with Gasteiger partial charge in [-0.2, -0.15) is 0 Å². The van der Waals surface area contributed by atoms with Crippen molar-refractivity contribution in [2.75, 3.05) is 18.4 Å². The lowest BCUT2D eigenvalue weighted by Gasteiger charge is -2.13. The summed E-state index contributed by atoms with van der Waals surface area (Å²) in [5, 5.41) is 7.26. The molecule has 146 valence electrons. The van der Waals surface area contributed by atoms with Crippen LogP contribution in [0.5, 0.6) is 0 Å². The summed E-state index contributed by atoms with van der Waals surface area (Å²) < 4.78 is 13.7. The van der Waals surface area contributed by atoms with E-state index in [1.807, 2.05) is 6.92 Å². The fourth-order valence-corrected chi connectivity index (χ4v) is 4.87. The third-order valence-electron chi connectivity index (χ3n) is 5.00. The van der Waals surface area contributed by atoms with Gasteiger partial charge in [-0.3, -0.25) is 4.79 Å². The maximum atomic E-state index is 13.7. The zero-order valence-electron chi connectivity index (χ0n) is 15.8. The number of aryl methyl sites for hydroxylation is 3. The third kappa shape index (κ3) is 3.71. The molecule has 0 aliphatic heterocycles. The number of nitrogens with zero attached hydrogens (tertiary/aromatic N) is 2. The van der Waals surface area contributed by atoms with Gasteiger partial charge in [0.15, 0.2) is 0 Å². The second-order valence-corrected chi connectivity index (χ2v) is 7.98. The molecule has 0 spiro atoms. The average molecular weight is 399 g/mol. The largest absolute Gasteiger partial charge is 0.368 e. The number of thiophene rings is 1. The Labute approximate surface area is 167 Å². The van der Waals surface area contributed by atoms with Crippen molar-refractivity contribution in [3.63, 3.8) is 0 Å². The Morgan fingerprint density at radius 2 is 2.00 bits per heavy atom. The van der Waals surface area contributed by atoms with E-state index in [0.717, 1.165) is 41.1 Å². The molecule has 28 heavy (non-hydrogen) atoms. The van der Waals surface area contributed by atoms with Crippen molar-refractivity contribution in [3.8, 4) is 0 Å². The molecule has 0 atom stereocenters. The number of hydrogen-bond donors (Lipinski definition) is 2. The van der Waals surface area contributed by atoms with Crippen molar-refractivity contribution in [2.24, 2.45) is 0 Å². The molecule has 0 radical (unpaired) electrons. The molecule has 2 N–H and O–H groups in total. The number of halogens is 1. The normalized spacial score (nSPS) is 13.4. The first-order chi connectivity index (χ1) is 13.7. The van der Waals surface area contributed by atoms with Crippen molar-refractivity contribution in [1.29, 1.82) is 0 Å². The van der Waals surface area contributed by atoms with Crippen molar-refractivity contribution in [1.82, 2.24) is 15.3 Å². The number of hydrogen-bond acceptors (Lipinski definition) is 5. The topological polar surface area (TPSA) is 66.9 Å². The van der Waals surface area contributed by atoms with Crippen LogP contribution >= 0.6 is 11.3 Å². The van der Waals surface area contributed by atoms with Crippen LogP contribution in [-0.2, 0) is 19.3 Å². The smallest absolute Gasteiger partial charge is 0.254 e. The molecular formula is C21H23FN4OS. The molecule has 1 amide bonds. The molecule has 0 saturated heterocycles. The maximum Gasteiger partial charge on any atom is 0.254 e. The molecule has 2 aromatic heterocycles. The number of carbonyl (C=O) groups is 1. The number of benzene rings is 1. The summed E-state index contributed by atoms with van der Waals surface area (Å²) in [4.78, 5) is 24.0. The quantitative estimate of drug-likeness (QED) is 0.613. The van der Waals surface area contributed by atoms with Gasteiger partial charge in [0, 0.05) is 24.4 Å². The van der Waals surface area contributed by atoms with Crippen LogP contribution in [0.3, 0.4) is 0 Å². The monoisotopic (exact) mass is 398 g/mol. The summed E-state index contributed by atoms with van der Waals surface area (Å²) in [6.07, 6.45) is 5.40. The number of carbonyl (C=O) groups excluding carboxylic acids is 1. The summed E-state index contributed by atoms with van der Waals surface area (Å²) in [5.74, 6) is 0.753. The van der Waals surface area contributed by atoms with Crippen LogP contribution in [-0.4, -0.2) is 29.0 Å².